The highest BCUT2D eigenvalue weighted by atomic mass is 32.1. The minimum absolute atomic E-state index is 0.188. The summed E-state index contributed by atoms with van der Waals surface area (Å²) in [6, 6.07) is 11.5. The van der Waals surface area contributed by atoms with Crippen molar-refractivity contribution in [2.24, 2.45) is 0 Å². The van der Waals surface area contributed by atoms with E-state index >= 15 is 0 Å². The summed E-state index contributed by atoms with van der Waals surface area (Å²) in [6.45, 7) is 6.30. The molecular weight excluding hydrogens is 307 g/mol. The van der Waals surface area contributed by atoms with Crippen molar-refractivity contribution < 1.29 is 4.39 Å². The van der Waals surface area contributed by atoms with Crippen LogP contribution in [0.3, 0.4) is 0 Å². The van der Waals surface area contributed by atoms with Gasteiger partial charge in [-0.3, -0.25) is 0 Å². The highest BCUT2D eigenvalue weighted by molar-refractivity contribution is 7.80. The Kier molecular flexibility index (Phi) is 4.35. The van der Waals surface area contributed by atoms with E-state index in [0.29, 0.717) is 11.2 Å². The van der Waals surface area contributed by atoms with E-state index in [2.05, 4.69) is 49.2 Å². The number of nitrogens with zero attached hydrogens (tertiary/aromatic N) is 1. The SMILES string of the molecule is Cc1cc(C)cc(NC(=S)N2c3ccc(F)cc3CC[C@H]2C)c1. The zero-order valence-electron chi connectivity index (χ0n) is 13.7. The van der Waals surface area contributed by atoms with Crippen molar-refractivity contribution in [3.8, 4) is 0 Å². The Balaban J connectivity index is 1.90. The summed E-state index contributed by atoms with van der Waals surface area (Å²) in [5, 5.41) is 4.00. The van der Waals surface area contributed by atoms with Crippen LogP contribution in [-0.4, -0.2) is 11.2 Å². The van der Waals surface area contributed by atoms with E-state index in [1.807, 2.05) is 6.07 Å². The molecule has 1 aliphatic rings. The van der Waals surface area contributed by atoms with Crippen LogP contribution in [0.15, 0.2) is 36.4 Å². The lowest BCUT2D eigenvalue weighted by molar-refractivity contribution is 0.604. The van der Waals surface area contributed by atoms with Gasteiger partial charge in [-0.05, 0) is 92.9 Å². The molecule has 120 valence electrons. The monoisotopic (exact) mass is 328 g/mol. The molecule has 0 saturated heterocycles. The van der Waals surface area contributed by atoms with Crippen LogP contribution in [0.25, 0.3) is 0 Å². The Morgan fingerprint density at radius 2 is 1.87 bits per heavy atom. The number of hydrogen-bond acceptors (Lipinski definition) is 1. The largest absolute Gasteiger partial charge is 0.332 e. The maximum Gasteiger partial charge on any atom is 0.178 e. The van der Waals surface area contributed by atoms with Gasteiger partial charge in [-0.2, -0.15) is 0 Å². The van der Waals surface area contributed by atoms with E-state index in [1.54, 1.807) is 6.07 Å². The second-order valence-corrected chi connectivity index (χ2v) is 6.72. The Labute approximate surface area is 142 Å². The van der Waals surface area contributed by atoms with E-state index in [1.165, 1.54) is 17.2 Å². The van der Waals surface area contributed by atoms with Gasteiger partial charge in [-0.15, -0.1) is 0 Å². The maximum absolute atomic E-state index is 13.5. The lowest BCUT2D eigenvalue weighted by Crippen LogP contribution is -2.44. The fraction of sp³-hybridized carbons (Fsp3) is 0.316. The lowest BCUT2D eigenvalue weighted by Gasteiger charge is -2.37. The number of anilines is 2. The van der Waals surface area contributed by atoms with Crippen molar-refractivity contribution in [1.82, 2.24) is 0 Å². The summed E-state index contributed by atoms with van der Waals surface area (Å²) in [4.78, 5) is 2.10. The second-order valence-electron chi connectivity index (χ2n) is 6.34. The van der Waals surface area contributed by atoms with E-state index in [-0.39, 0.29) is 5.82 Å². The Bertz CT molecular complexity index is 737. The van der Waals surface area contributed by atoms with Crippen molar-refractivity contribution in [2.75, 3.05) is 10.2 Å². The molecule has 1 heterocycles. The summed E-state index contributed by atoms with van der Waals surface area (Å²) >= 11 is 5.65. The molecule has 0 spiro atoms. The predicted octanol–water partition coefficient (Wildman–Crippen LogP) is 4.98. The summed E-state index contributed by atoms with van der Waals surface area (Å²) in [7, 11) is 0. The zero-order valence-corrected chi connectivity index (χ0v) is 14.5. The van der Waals surface area contributed by atoms with Crippen molar-refractivity contribution in [3.63, 3.8) is 0 Å². The van der Waals surface area contributed by atoms with E-state index in [9.17, 15) is 4.39 Å². The normalized spacial score (nSPS) is 16.9. The van der Waals surface area contributed by atoms with Crippen LogP contribution in [0.2, 0.25) is 0 Å². The van der Waals surface area contributed by atoms with E-state index < -0.39 is 0 Å². The molecule has 1 N–H and O–H groups in total. The standard InChI is InChI=1S/C19H21FN2S/c1-12-8-13(2)10-17(9-12)21-19(23)22-14(3)4-5-15-11-16(20)6-7-18(15)22/h6-11,14H,4-5H2,1-3H3,(H,21,23)/t14-/m1/s1. The Morgan fingerprint density at radius 1 is 1.17 bits per heavy atom. The molecule has 0 saturated carbocycles. The van der Waals surface area contributed by atoms with Gasteiger partial charge >= 0.3 is 0 Å². The van der Waals surface area contributed by atoms with Gasteiger partial charge in [0.1, 0.15) is 5.82 Å². The van der Waals surface area contributed by atoms with Crippen LogP contribution >= 0.6 is 12.2 Å². The number of hydrogen-bond donors (Lipinski definition) is 1. The first-order chi connectivity index (χ1) is 10.9. The number of nitrogens with one attached hydrogen (secondary N) is 1. The number of benzene rings is 2. The van der Waals surface area contributed by atoms with Crippen molar-refractivity contribution in [3.05, 3.63) is 58.9 Å². The van der Waals surface area contributed by atoms with Gasteiger partial charge in [0, 0.05) is 17.4 Å². The molecule has 2 nitrogen and oxygen atoms in total. The molecule has 1 atom stereocenters. The molecule has 2 aromatic carbocycles. The summed E-state index contributed by atoms with van der Waals surface area (Å²) in [5.41, 5.74) is 5.42. The fourth-order valence-electron chi connectivity index (χ4n) is 3.26. The third-order valence-electron chi connectivity index (χ3n) is 4.27. The average Bonchev–Trinajstić information content (AvgIpc) is 2.46. The molecule has 0 fully saturated rings. The third kappa shape index (κ3) is 3.37. The number of aryl methyl sites for hydroxylation is 3. The molecule has 0 bridgehead atoms. The molecule has 1 aliphatic heterocycles. The van der Waals surface area contributed by atoms with Gasteiger partial charge in [0.2, 0.25) is 0 Å². The van der Waals surface area contributed by atoms with Crippen LogP contribution in [0, 0.1) is 19.7 Å². The topological polar surface area (TPSA) is 15.3 Å². The summed E-state index contributed by atoms with van der Waals surface area (Å²) < 4.78 is 13.5. The molecule has 3 rings (SSSR count). The smallest absolute Gasteiger partial charge is 0.178 e. The quantitative estimate of drug-likeness (QED) is 0.743. The molecule has 4 heteroatoms. The second kappa shape index (κ2) is 6.28. The van der Waals surface area contributed by atoms with E-state index in [0.717, 1.165) is 29.8 Å². The fourth-order valence-corrected chi connectivity index (χ4v) is 3.66. The van der Waals surface area contributed by atoms with Crippen molar-refractivity contribution in [1.29, 1.82) is 0 Å². The third-order valence-corrected chi connectivity index (χ3v) is 4.56. The highest BCUT2D eigenvalue weighted by Gasteiger charge is 2.26. The number of rotatable bonds is 1. The van der Waals surface area contributed by atoms with Gasteiger partial charge in [-0.1, -0.05) is 6.07 Å². The van der Waals surface area contributed by atoms with Crippen LogP contribution < -0.4 is 10.2 Å². The molecular formula is C19H21FN2S. The van der Waals surface area contributed by atoms with Gasteiger partial charge in [0.15, 0.2) is 5.11 Å². The maximum atomic E-state index is 13.5. The van der Waals surface area contributed by atoms with Gasteiger partial charge in [0.25, 0.3) is 0 Å². The molecule has 23 heavy (non-hydrogen) atoms. The molecule has 0 radical (unpaired) electrons. The predicted molar refractivity (Wildman–Crippen MR) is 98.8 cm³/mol. The molecule has 0 unspecified atom stereocenters. The summed E-state index contributed by atoms with van der Waals surface area (Å²) in [6.07, 6.45) is 1.85. The number of fused-ring (bicyclic) bond motifs is 1. The van der Waals surface area contributed by atoms with Gasteiger partial charge in [-0.25, -0.2) is 4.39 Å². The summed E-state index contributed by atoms with van der Waals surface area (Å²) in [5.74, 6) is -0.188. The molecule has 0 aromatic heterocycles. The van der Waals surface area contributed by atoms with Crippen molar-refractivity contribution in [2.45, 2.75) is 39.7 Å². The van der Waals surface area contributed by atoms with Crippen LogP contribution in [0.4, 0.5) is 15.8 Å². The Morgan fingerprint density at radius 3 is 2.57 bits per heavy atom. The lowest BCUT2D eigenvalue weighted by atomic mass is 9.97. The van der Waals surface area contributed by atoms with Gasteiger partial charge < -0.3 is 10.2 Å². The van der Waals surface area contributed by atoms with Crippen molar-refractivity contribution >= 4 is 28.7 Å². The first-order valence-corrected chi connectivity index (χ1v) is 8.32. The van der Waals surface area contributed by atoms with E-state index in [4.69, 9.17) is 12.2 Å². The first kappa shape index (κ1) is 15.9. The number of halogens is 1. The van der Waals surface area contributed by atoms with Crippen LogP contribution in [0.5, 0.6) is 0 Å². The van der Waals surface area contributed by atoms with Gasteiger partial charge in [0.05, 0.1) is 0 Å². The molecule has 0 aliphatic carbocycles. The zero-order chi connectivity index (χ0) is 16.6. The molecule has 0 amide bonds. The number of thiocarbonyl (C=S) groups is 1. The highest BCUT2D eigenvalue weighted by Crippen LogP contribution is 2.32. The average molecular weight is 328 g/mol. The van der Waals surface area contributed by atoms with Crippen LogP contribution in [0.1, 0.15) is 30.0 Å². The minimum Gasteiger partial charge on any atom is -0.332 e. The molecule has 2 aromatic rings. The Hall–Kier alpha value is -1.94. The van der Waals surface area contributed by atoms with Crippen LogP contribution in [-0.2, 0) is 6.42 Å². The first-order valence-electron chi connectivity index (χ1n) is 7.91. The minimum atomic E-state index is -0.188.